The van der Waals surface area contributed by atoms with E-state index >= 15 is 0 Å². The van der Waals surface area contributed by atoms with Crippen LogP contribution in [-0.4, -0.2) is 40.5 Å². The van der Waals surface area contributed by atoms with Crippen LogP contribution in [-0.2, 0) is 16.1 Å². The van der Waals surface area contributed by atoms with Crippen molar-refractivity contribution in [3.05, 3.63) is 71.5 Å². The van der Waals surface area contributed by atoms with Gasteiger partial charge in [-0.2, -0.15) is 0 Å². The highest BCUT2D eigenvalue weighted by Crippen LogP contribution is 2.42. The summed E-state index contributed by atoms with van der Waals surface area (Å²) >= 11 is 6.09. The van der Waals surface area contributed by atoms with Crippen molar-refractivity contribution >= 4 is 29.3 Å². The first kappa shape index (κ1) is 19.5. The van der Waals surface area contributed by atoms with Crippen LogP contribution in [0.5, 0.6) is 0 Å². The minimum absolute atomic E-state index is 0.0159. The van der Waals surface area contributed by atoms with Gasteiger partial charge in [-0.3, -0.25) is 14.7 Å². The topological polar surface area (TPSA) is 62.7 Å². The van der Waals surface area contributed by atoms with E-state index in [9.17, 15) is 9.59 Å². The van der Waals surface area contributed by atoms with E-state index in [1.165, 1.54) is 0 Å². The summed E-state index contributed by atoms with van der Waals surface area (Å²) in [5, 5.41) is 0.479. The smallest absolute Gasteiger partial charge is 0.410 e. The normalized spacial score (nSPS) is 23.7. The summed E-state index contributed by atoms with van der Waals surface area (Å²) in [4.78, 5) is 32.8. The van der Waals surface area contributed by atoms with E-state index < -0.39 is 5.54 Å². The number of hydrogen-bond acceptors (Lipinski definition) is 4. The first-order chi connectivity index (χ1) is 14.0. The van der Waals surface area contributed by atoms with Crippen LogP contribution in [0.15, 0.2) is 60.9 Å². The van der Waals surface area contributed by atoms with Gasteiger partial charge in [-0.05, 0) is 18.1 Å². The third-order valence-electron chi connectivity index (χ3n) is 5.69. The quantitative estimate of drug-likeness (QED) is 0.764. The zero-order valence-corrected chi connectivity index (χ0v) is 16.9. The Morgan fingerprint density at radius 3 is 2.83 bits per heavy atom. The van der Waals surface area contributed by atoms with Crippen molar-refractivity contribution in [2.75, 3.05) is 18.0 Å². The Balaban J connectivity index is 1.47. The molecule has 4 rings (SSSR count). The number of rotatable bonds is 3. The molecule has 1 spiro atoms. The summed E-state index contributed by atoms with van der Waals surface area (Å²) in [5.74, 6) is -0.0803. The molecular formula is C22H22ClN3O3. The Labute approximate surface area is 174 Å². The number of anilines is 1. The molecule has 2 unspecified atom stereocenters. The maximum Gasteiger partial charge on any atom is 0.410 e. The molecular weight excluding hydrogens is 390 g/mol. The van der Waals surface area contributed by atoms with Crippen LogP contribution in [0.25, 0.3) is 0 Å². The monoisotopic (exact) mass is 411 g/mol. The standard InChI is InChI=1S/C22H22ClN3O3/c1-16-14-25(21(28)29-15-17-5-3-2-4-6-17)10-9-22(16)8-7-20(27)26(22)19-11-18(23)12-24-13-19/h2-8,11-13,16H,9-10,14-15H2,1H3. The molecule has 150 valence electrons. The molecule has 3 heterocycles. The number of aromatic nitrogens is 1. The largest absolute Gasteiger partial charge is 0.445 e. The molecule has 0 aliphatic carbocycles. The Morgan fingerprint density at radius 1 is 1.31 bits per heavy atom. The third-order valence-corrected chi connectivity index (χ3v) is 5.90. The number of likely N-dealkylation sites (tertiary alicyclic amines) is 1. The maximum absolute atomic E-state index is 12.6. The Bertz CT molecular complexity index is 949. The Morgan fingerprint density at radius 2 is 2.10 bits per heavy atom. The van der Waals surface area contributed by atoms with Crippen molar-refractivity contribution in [2.45, 2.75) is 25.5 Å². The van der Waals surface area contributed by atoms with E-state index in [4.69, 9.17) is 16.3 Å². The lowest BCUT2D eigenvalue weighted by Crippen LogP contribution is -2.59. The highest BCUT2D eigenvalue weighted by Gasteiger charge is 2.49. The summed E-state index contributed by atoms with van der Waals surface area (Å²) in [6, 6.07) is 11.3. The molecule has 2 atom stereocenters. The van der Waals surface area contributed by atoms with Crippen molar-refractivity contribution in [3.8, 4) is 0 Å². The number of carbonyl (C=O) groups is 2. The molecule has 2 aliphatic heterocycles. The highest BCUT2D eigenvalue weighted by molar-refractivity contribution is 6.30. The molecule has 0 saturated carbocycles. The molecule has 2 aliphatic rings. The SMILES string of the molecule is CC1CN(C(=O)OCc2ccccc2)CCC12C=CC(=O)N2c1cncc(Cl)c1. The number of pyridine rings is 1. The minimum atomic E-state index is -0.500. The fourth-order valence-electron chi connectivity index (χ4n) is 4.16. The molecule has 7 heteroatoms. The van der Waals surface area contributed by atoms with E-state index in [2.05, 4.69) is 4.98 Å². The Kier molecular flexibility index (Phi) is 5.28. The second kappa shape index (κ2) is 7.87. The Hall–Kier alpha value is -2.86. The van der Waals surface area contributed by atoms with Crippen molar-refractivity contribution in [1.29, 1.82) is 0 Å². The maximum atomic E-state index is 12.6. The number of amides is 2. The molecule has 2 aromatic rings. The predicted molar refractivity (Wildman–Crippen MR) is 111 cm³/mol. The van der Waals surface area contributed by atoms with Crippen LogP contribution in [0.2, 0.25) is 5.02 Å². The number of carbonyl (C=O) groups excluding carboxylic acids is 2. The lowest BCUT2D eigenvalue weighted by molar-refractivity contribution is -0.114. The predicted octanol–water partition coefficient (Wildman–Crippen LogP) is 4.06. The fraction of sp³-hybridized carbons (Fsp3) is 0.318. The molecule has 2 amide bonds. The van der Waals surface area contributed by atoms with E-state index in [0.29, 0.717) is 30.2 Å². The van der Waals surface area contributed by atoms with Gasteiger partial charge in [-0.15, -0.1) is 0 Å². The molecule has 0 N–H and O–H groups in total. The van der Waals surface area contributed by atoms with Crippen molar-refractivity contribution in [1.82, 2.24) is 9.88 Å². The molecule has 29 heavy (non-hydrogen) atoms. The number of nitrogens with zero attached hydrogens (tertiary/aromatic N) is 3. The zero-order valence-electron chi connectivity index (χ0n) is 16.1. The lowest BCUT2D eigenvalue weighted by Gasteiger charge is -2.48. The average molecular weight is 412 g/mol. The van der Waals surface area contributed by atoms with Gasteiger partial charge in [0.15, 0.2) is 0 Å². The lowest BCUT2D eigenvalue weighted by atomic mass is 9.78. The minimum Gasteiger partial charge on any atom is -0.445 e. The molecule has 1 fully saturated rings. The van der Waals surface area contributed by atoms with Crippen LogP contribution < -0.4 is 4.90 Å². The number of ether oxygens (including phenoxy) is 1. The van der Waals surface area contributed by atoms with Crippen molar-refractivity contribution in [3.63, 3.8) is 0 Å². The third kappa shape index (κ3) is 3.72. The number of piperidine rings is 1. The number of halogens is 1. The summed E-state index contributed by atoms with van der Waals surface area (Å²) in [5.41, 5.74) is 1.12. The first-order valence-corrected chi connectivity index (χ1v) is 9.97. The van der Waals surface area contributed by atoms with E-state index in [1.54, 1.807) is 34.3 Å². The van der Waals surface area contributed by atoms with Gasteiger partial charge in [0.05, 0.1) is 22.4 Å². The molecule has 1 saturated heterocycles. The molecule has 1 aromatic carbocycles. The summed E-state index contributed by atoms with van der Waals surface area (Å²) in [7, 11) is 0. The fourth-order valence-corrected chi connectivity index (χ4v) is 4.33. The van der Waals surface area contributed by atoms with Crippen LogP contribution in [0.1, 0.15) is 18.9 Å². The van der Waals surface area contributed by atoms with Crippen LogP contribution in [0.4, 0.5) is 10.5 Å². The van der Waals surface area contributed by atoms with E-state index in [-0.39, 0.29) is 24.5 Å². The second-order valence-corrected chi connectivity index (χ2v) is 7.93. The molecule has 0 radical (unpaired) electrons. The van der Waals surface area contributed by atoms with Gasteiger partial charge in [0.1, 0.15) is 6.61 Å². The van der Waals surface area contributed by atoms with Crippen LogP contribution >= 0.6 is 11.6 Å². The van der Waals surface area contributed by atoms with E-state index in [1.807, 2.05) is 43.3 Å². The van der Waals surface area contributed by atoms with Gasteiger partial charge in [0.2, 0.25) is 0 Å². The first-order valence-electron chi connectivity index (χ1n) is 9.59. The second-order valence-electron chi connectivity index (χ2n) is 7.50. The summed E-state index contributed by atoms with van der Waals surface area (Å²) in [6.07, 6.45) is 7.02. The highest BCUT2D eigenvalue weighted by atomic mass is 35.5. The number of benzene rings is 1. The number of hydrogen-bond donors (Lipinski definition) is 0. The molecule has 0 bridgehead atoms. The molecule has 6 nitrogen and oxygen atoms in total. The van der Waals surface area contributed by atoms with Crippen LogP contribution in [0.3, 0.4) is 0 Å². The van der Waals surface area contributed by atoms with Gasteiger partial charge < -0.3 is 9.64 Å². The average Bonchev–Trinajstić information content (AvgIpc) is 3.06. The summed E-state index contributed by atoms with van der Waals surface area (Å²) in [6.45, 7) is 3.29. The summed E-state index contributed by atoms with van der Waals surface area (Å²) < 4.78 is 5.48. The molecule has 1 aromatic heterocycles. The van der Waals surface area contributed by atoms with Gasteiger partial charge in [-0.1, -0.05) is 54.9 Å². The van der Waals surface area contributed by atoms with Crippen molar-refractivity contribution < 1.29 is 14.3 Å². The zero-order chi connectivity index (χ0) is 20.4. The van der Waals surface area contributed by atoms with Gasteiger partial charge >= 0.3 is 6.09 Å². The van der Waals surface area contributed by atoms with Gasteiger partial charge in [-0.25, -0.2) is 4.79 Å². The van der Waals surface area contributed by atoms with Crippen LogP contribution in [0, 0.1) is 5.92 Å². The van der Waals surface area contributed by atoms with E-state index in [0.717, 1.165) is 5.56 Å². The van der Waals surface area contributed by atoms with Gasteiger partial charge in [0.25, 0.3) is 5.91 Å². The van der Waals surface area contributed by atoms with Gasteiger partial charge in [0, 0.05) is 31.3 Å². The van der Waals surface area contributed by atoms with Crippen molar-refractivity contribution in [2.24, 2.45) is 5.92 Å².